The Kier molecular flexibility index (Phi) is 5.54. The summed E-state index contributed by atoms with van der Waals surface area (Å²) in [4.78, 5) is 0. The number of rotatable bonds is 6. The van der Waals surface area contributed by atoms with Crippen LogP contribution in [0.2, 0.25) is 5.02 Å². The summed E-state index contributed by atoms with van der Waals surface area (Å²) >= 11 is 9.36. The van der Waals surface area contributed by atoms with Gasteiger partial charge in [-0.25, -0.2) is 9.07 Å². The maximum Gasteiger partial charge on any atom is 0.125 e. The lowest BCUT2D eigenvalue weighted by Crippen LogP contribution is -2.18. The molecule has 0 saturated carbocycles. The molecule has 4 nitrogen and oxygen atoms in total. The molecule has 2 aromatic rings. The minimum absolute atomic E-state index is 0.305. The summed E-state index contributed by atoms with van der Waals surface area (Å²) in [7, 11) is 1.66. The monoisotopic (exact) mass is 361 g/mol. The van der Waals surface area contributed by atoms with Gasteiger partial charge in [-0.05, 0) is 34.1 Å². The molecular formula is C13H14BrClFN3O. The lowest BCUT2D eigenvalue weighted by Gasteiger charge is -2.07. The van der Waals surface area contributed by atoms with Gasteiger partial charge >= 0.3 is 0 Å². The van der Waals surface area contributed by atoms with E-state index in [0.717, 1.165) is 12.2 Å². The molecule has 0 saturated heterocycles. The van der Waals surface area contributed by atoms with Gasteiger partial charge < -0.3 is 10.1 Å². The van der Waals surface area contributed by atoms with E-state index < -0.39 is 0 Å². The molecular weight excluding hydrogens is 349 g/mol. The first-order valence-corrected chi connectivity index (χ1v) is 7.18. The van der Waals surface area contributed by atoms with Crippen LogP contribution in [0.4, 0.5) is 4.39 Å². The second-order valence-corrected chi connectivity index (χ2v) is 5.40. The number of ether oxygens (including phenoxy) is 1. The van der Waals surface area contributed by atoms with E-state index in [9.17, 15) is 4.39 Å². The van der Waals surface area contributed by atoms with Gasteiger partial charge in [0.2, 0.25) is 0 Å². The van der Waals surface area contributed by atoms with Crippen LogP contribution in [0.15, 0.2) is 28.9 Å². The standard InChI is InChI=1S/C13H14BrClFN3O/c1-20-5-3-17-8-10-2-4-19(18-10)13-11(14)6-9(16)7-12(13)15/h2,4,6-7,17H,3,5,8H2,1H3. The van der Waals surface area contributed by atoms with Crippen molar-refractivity contribution in [3.05, 3.63) is 45.4 Å². The Morgan fingerprint density at radius 2 is 2.30 bits per heavy atom. The molecule has 0 aliphatic heterocycles. The summed E-state index contributed by atoms with van der Waals surface area (Å²) in [6.07, 6.45) is 1.79. The van der Waals surface area contributed by atoms with Crippen molar-refractivity contribution in [2.24, 2.45) is 0 Å². The average molecular weight is 363 g/mol. The Hall–Kier alpha value is -0.950. The molecule has 0 radical (unpaired) electrons. The molecule has 7 heteroatoms. The lowest BCUT2D eigenvalue weighted by atomic mass is 10.3. The number of halogens is 3. The third kappa shape index (κ3) is 3.79. The molecule has 0 spiro atoms. The van der Waals surface area contributed by atoms with Gasteiger partial charge in [0.15, 0.2) is 0 Å². The number of hydrogen-bond donors (Lipinski definition) is 1. The van der Waals surface area contributed by atoms with Crippen molar-refractivity contribution in [2.45, 2.75) is 6.54 Å². The van der Waals surface area contributed by atoms with Crippen molar-refractivity contribution in [1.82, 2.24) is 15.1 Å². The molecule has 0 aliphatic carbocycles. The highest BCUT2D eigenvalue weighted by molar-refractivity contribution is 9.10. The molecule has 1 heterocycles. The first kappa shape index (κ1) is 15.4. The fourth-order valence-corrected chi connectivity index (χ4v) is 2.75. The highest BCUT2D eigenvalue weighted by Crippen LogP contribution is 2.29. The molecule has 20 heavy (non-hydrogen) atoms. The molecule has 0 aliphatic rings. The predicted molar refractivity (Wildman–Crippen MR) is 79.8 cm³/mol. The van der Waals surface area contributed by atoms with Crippen LogP contribution < -0.4 is 5.32 Å². The minimum atomic E-state index is -0.390. The molecule has 108 valence electrons. The third-order valence-corrected chi connectivity index (χ3v) is 3.54. The van der Waals surface area contributed by atoms with Gasteiger partial charge in [-0.3, -0.25) is 0 Å². The highest BCUT2D eigenvalue weighted by Gasteiger charge is 2.11. The zero-order valence-electron chi connectivity index (χ0n) is 10.9. The van der Waals surface area contributed by atoms with E-state index in [4.69, 9.17) is 16.3 Å². The van der Waals surface area contributed by atoms with Crippen LogP contribution >= 0.6 is 27.5 Å². The molecule has 0 unspecified atom stereocenters. The lowest BCUT2D eigenvalue weighted by molar-refractivity contribution is 0.199. The molecule has 0 bridgehead atoms. The molecule has 0 amide bonds. The fourth-order valence-electron chi connectivity index (χ4n) is 1.72. The zero-order chi connectivity index (χ0) is 14.5. The first-order valence-electron chi connectivity index (χ1n) is 6.01. The van der Waals surface area contributed by atoms with Crippen LogP contribution in [0, 0.1) is 5.82 Å². The number of nitrogens with one attached hydrogen (secondary N) is 1. The normalized spacial score (nSPS) is 11.0. The fraction of sp³-hybridized carbons (Fsp3) is 0.308. The van der Waals surface area contributed by atoms with E-state index in [1.165, 1.54) is 12.1 Å². The SMILES string of the molecule is COCCNCc1ccn(-c2c(Cl)cc(F)cc2Br)n1. The largest absolute Gasteiger partial charge is 0.383 e. The van der Waals surface area contributed by atoms with Crippen molar-refractivity contribution in [3.8, 4) is 5.69 Å². The van der Waals surface area contributed by atoms with Crippen molar-refractivity contribution < 1.29 is 9.13 Å². The van der Waals surface area contributed by atoms with Crippen LogP contribution in [-0.4, -0.2) is 30.0 Å². The van der Waals surface area contributed by atoms with Gasteiger partial charge in [-0.2, -0.15) is 5.10 Å². The summed E-state index contributed by atoms with van der Waals surface area (Å²) < 4.78 is 20.3. The Bertz CT molecular complexity index is 568. The zero-order valence-corrected chi connectivity index (χ0v) is 13.2. The number of hydrogen-bond acceptors (Lipinski definition) is 3. The summed E-state index contributed by atoms with van der Waals surface area (Å²) in [6, 6.07) is 4.51. The van der Waals surface area contributed by atoms with Crippen molar-refractivity contribution in [2.75, 3.05) is 20.3 Å². The second-order valence-electron chi connectivity index (χ2n) is 4.14. The van der Waals surface area contributed by atoms with Crippen molar-refractivity contribution in [1.29, 1.82) is 0 Å². The van der Waals surface area contributed by atoms with Crippen LogP contribution in [0.5, 0.6) is 0 Å². The average Bonchev–Trinajstić information content (AvgIpc) is 2.82. The van der Waals surface area contributed by atoms with Crippen LogP contribution in [-0.2, 0) is 11.3 Å². The van der Waals surface area contributed by atoms with E-state index in [0.29, 0.717) is 28.3 Å². The number of benzene rings is 1. The topological polar surface area (TPSA) is 39.1 Å². The molecule has 1 aromatic heterocycles. The Labute approximate surface area is 130 Å². The van der Waals surface area contributed by atoms with Crippen LogP contribution in [0.3, 0.4) is 0 Å². The molecule has 0 atom stereocenters. The molecule has 2 rings (SSSR count). The predicted octanol–water partition coefficient (Wildman–Crippen LogP) is 3.16. The summed E-state index contributed by atoms with van der Waals surface area (Å²) in [5, 5.41) is 7.91. The minimum Gasteiger partial charge on any atom is -0.383 e. The maximum atomic E-state index is 13.2. The molecule has 0 fully saturated rings. The van der Waals surface area contributed by atoms with E-state index in [2.05, 4.69) is 26.3 Å². The van der Waals surface area contributed by atoms with Crippen molar-refractivity contribution >= 4 is 27.5 Å². The Morgan fingerprint density at radius 1 is 1.50 bits per heavy atom. The Balaban J connectivity index is 2.13. The Morgan fingerprint density at radius 3 is 3.00 bits per heavy atom. The van der Waals surface area contributed by atoms with Gasteiger partial charge in [0.05, 0.1) is 23.0 Å². The summed E-state index contributed by atoms with van der Waals surface area (Å²) in [5.74, 6) is -0.390. The second kappa shape index (κ2) is 7.17. The van der Waals surface area contributed by atoms with Gasteiger partial charge in [0, 0.05) is 30.9 Å². The number of methoxy groups -OCH3 is 1. The quantitative estimate of drug-likeness (QED) is 0.802. The van der Waals surface area contributed by atoms with Gasteiger partial charge in [-0.1, -0.05) is 11.6 Å². The number of aromatic nitrogens is 2. The van der Waals surface area contributed by atoms with Gasteiger partial charge in [-0.15, -0.1) is 0 Å². The highest BCUT2D eigenvalue weighted by atomic mass is 79.9. The van der Waals surface area contributed by atoms with Gasteiger partial charge in [0.1, 0.15) is 5.82 Å². The van der Waals surface area contributed by atoms with E-state index in [-0.39, 0.29) is 5.82 Å². The number of nitrogens with zero attached hydrogens (tertiary/aromatic N) is 2. The van der Waals surface area contributed by atoms with E-state index >= 15 is 0 Å². The van der Waals surface area contributed by atoms with E-state index in [1.54, 1.807) is 18.0 Å². The summed E-state index contributed by atoms with van der Waals surface area (Å²) in [6.45, 7) is 2.03. The van der Waals surface area contributed by atoms with Crippen LogP contribution in [0.25, 0.3) is 5.69 Å². The maximum absolute atomic E-state index is 13.2. The molecule has 1 N–H and O–H groups in total. The van der Waals surface area contributed by atoms with Crippen LogP contribution in [0.1, 0.15) is 5.69 Å². The smallest absolute Gasteiger partial charge is 0.125 e. The summed E-state index contributed by atoms with van der Waals surface area (Å²) in [5.41, 5.74) is 1.49. The van der Waals surface area contributed by atoms with E-state index in [1.807, 2.05) is 6.07 Å². The molecule has 1 aromatic carbocycles. The van der Waals surface area contributed by atoms with Gasteiger partial charge in [0.25, 0.3) is 0 Å². The first-order chi connectivity index (χ1) is 9.61. The third-order valence-electron chi connectivity index (χ3n) is 2.64. The van der Waals surface area contributed by atoms with Crippen molar-refractivity contribution in [3.63, 3.8) is 0 Å².